The van der Waals surface area contributed by atoms with E-state index in [-0.39, 0.29) is 11.6 Å². The molecule has 0 spiro atoms. The number of anilines is 1. The van der Waals surface area contributed by atoms with Gasteiger partial charge in [-0.15, -0.1) is 0 Å². The van der Waals surface area contributed by atoms with E-state index in [4.69, 9.17) is 5.73 Å². The SMILES string of the molecule is CNC(=O)N=C(N)N(CC1CC1)c1cc(F)ccc1F. The molecule has 3 N–H and O–H groups in total. The van der Waals surface area contributed by atoms with Gasteiger partial charge in [0.2, 0.25) is 5.96 Å². The van der Waals surface area contributed by atoms with Crippen molar-refractivity contribution in [1.82, 2.24) is 5.32 Å². The van der Waals surface area contributed by atoms with Gasteiger partial charge < -0.3 is 16.0 Å². The smallest absolute Gasteiger partial charge is 0.343 e. The van der Waals surface area contributed by atoms with Gasteiger partial charge in [0.15, 0.2) is 0 Å². The highest BCUT2D eigenvalue weighted by atomic mass is 19.1. The van der Waals surface area contributed by atoms with Crippen molar-refractivity contribution in [2.75, 3.05) is 18.5 Å². The third kappa shape index (κ3) is 3.43. The van der Waals surface area contributed by atoms with Crippen LogP contribution < -0.4 is 16.0 Å². The number of guanidine groups is 1. The Labute approximate surface area is 115 Å². The van der Waals surface area contributed by atoms with Crippen LogP contribution in [0, 0.1) is 17.6 Å². The molecule has 0 bridgehead atoms. The third-order valence-corrected chi connectivity index (χ3v) is 3.04. The lowest BCUT2D eigenvalue weighted by molar-refractivity contribution is 0.251. The molecule has 0 heterocycles. The summed E-state index contributed by atoms with van der Waals surface area (Å²) in [6, 6.07) is 2.46. The summed E-state index contributed by atoms with van der Waals surface area (Å²) in [5.74, 6) is -0.978. The normalized spacial score (nSPS) is 15.1. The molecule has 1 saturated carbocycles. The summed E-state index contributed by atoms with van der Waals surface area (Å²) in [7, 11) is 1.41. The van der Waals surface area contributed by atoms with Crippen molar-refractivity contribution in [2.24, 2.45) is 16.6 Å². The van der Waals surface area contributed by atoms with Crippen molar-refractivity contribution in [2.45, 2.75) is 12.8 Å². The van der Waals surface area contributed by atoms with Crippen LogP contribution in [0.15, 0.2) is 23.2 Å². The fourth-order valence-corrected chi connectivity index (χ4v) is 1.79. The lowest BCUT2D eigenvalue weighted by atomic mass is 10.2. The summed E-state index contributed by atoms with van der Waals surface area (Å²) < 4.78 is 27.2. The number of nitrogens with two attached hydrogens (primary N) is 1. The van der Waals surface area contributed by atoms with E-state index in [1.165, 1.54) is 11.9 Å². The maximum atomic E-state index is 13.9. The first-order valence-corrected chi connectivity index (χ1v) is 6.29. The zero-order valence-electron chi connectivity index (χ0n) is 11.1. The lowest BCUT2D eigenvalue weighted by Crippen LogP contribution is -2.40. The minimum absolute atomic E-state index is 0.0120. The standard InChI is InChI=1S/C13H16F2N4O/c1-17-13(20)18-12(16)19(7-8-2-3-8)11-6-9(14)4-5-10(11)15/h4-6,8H,2-3,7H2,1H3,(H3,16,17,18,20). The molecular formula is C13H16F2N4O. The molecule has 108 valence electrons. The Balaban J connectivity index is 2.33. The van der Waals surface area contributed by atoms with Crippen LogP contribution in [0.25, 0.3) is 0 Å². The zero-order chi connectivity index (χ0) is 14.7. The van der Waals surface area contributed by atoms with Gasteiger partial charge in [0, 0.05) is 19.7 Å². The quantitative estimate of drug-likeness (QED) is 0.656. The molecule has 2 amide bonds. The molecule has 1 aliphatic carbocycles. The average molecular weight is 282 g/mol. The Morgan fingerprint density at radius 2 is 2.20 bits per heavy atom. The number of halogens is 2. The number of hydrogen-bond acceptors (Lipinski definition) is 1. The number of hydrogen-bond donors (Lipinski definition) is 2. The topological polar surface area (TPSA) is 70.7 Å². The van der Waals surface area contributed by atoms with Crippen LogP contribution in [0.1, 0.15) is 12.8 Å². The number of carbonyl (C=O) groups is 1. The molecule has 0 atom stereocenters. The van der Waals surface area contributed by atoms with Gasteiger partial charge in [-0.05, 0) is 30.9 Å². The molecule has 2 rings (SSSR count). The molecule has 5 nitrogen and oxygen atoms in total. The summed E-state index contributed by atoms with van der Waals surface area (Å²) in [4.78, 5) is 16.2. The summed E-state index contributed by atoms with van der Waals surface area (Å²) in [5.41, 5.74) is 5.74. The van der Waals surface area contributed by atoms with Crippen LogP contribution in [0.3, 0.4) is 0 Å². The summed E-state index contributed by atoms with van der Waals surface area (Å²) in [5, 5.41) is 2.30. The highest BCUT2D eigenvalue weighted by molar-refractivity contribution is 6.01. The van der Waals surface area contributed by atoms with Crippen LogP contribution in [-0.4, -0.2) is 25.6 Å². The fraction of sp³-hybridized carbons (Fsp3) is 0.385. The number of benzene rings is 1. The van der Waals surface area contributed by atoms with Crippen molar-refractivity contribution in [1.29, 1.82) is 0 Å². The molecule has 0 aliphatic heterocycles. The van der Waals surface area contributed by atoms with E-state index in [0.717, 1.165) is 31.0 Å². The number of amides is 2. The van der Waals surface area contributed by atoms with E-state index in [1.54, 1.807) is 0 Å². The van der Waals surface area contributed by atoms with Crippen LogP contribution >= 0.6 is 0 Å². The van der Waals surface area contributed by atoms with Gasteiger partial charge in [0.25, 0.3) is 0 Å². The first kappa shape index (κ1) is 14.2. The van der Waals surface area contributed by atoms with Gasteiger partial charge in [-0.3, -0.25) is 0 Å². The number of rotatable bonds is 3. The van der Waals surface area contributed by atoms with Crippen molar-refractivity contribution in [3.63, 3.8) is 0 Å². The van der Waals surface area contributed by atoms with Gasteiger partial charge in [-0.25, -0.2) is 13.6 Å². The molecule has 20 heavy (non-hydrogen) atoms. The average Bonchev–Trinajstić information content (AvgIpc) is 3.22. The van der Waals surface area contributed by atoms with Gasteiger partial charge in [-0.2, -0.15) is 4.99 Å². The minimum Gasteiger partial charge on any atom is -0.369 e. The van der Waals surface area contributed by atoms with E-state index < -0.39 is 17.7 Å². The zero-order valence-corrected chi connectivity index (χ0v) is 11.1. The molecule has 0 unspecified atom stereocenters. The predicted octanol–water partition coefficient (Wildman–Crippen LogP) is 1.84. The Kier molecular flexibility index (Phi) is 4.16. The van der Waals surface area contributed by atoms with Crippen LogP contribution in [-0.2, 0) is 0 Å². The van der Waals surface area contributed by atoms with E-state index >= 15 is 0 Å². The third-order valence-electron chi connectivity index (χ3n) is 3.04. The maximum absolute atomic E-state index is 13.9. The monoisotopic (exact) mass is 282 g/mol. The molecule has 0 aromatic heterocycles. The number of carbonyl (C=O) groups excluding carboxylic acids is 1. The Morgan fingerprint density at radius 1 is 1.50 bits per heavy atom. The van der Waals surface area contributed by atoms with Gasteiger partial charge in [-0.1, -0.05) is 0 Å². The van der Waals surface area contributed by atoms with Gasteiger partial charge in [0.05, 0.1) is 5.69 Å². The molecule has 7 heteroatoms. The van der Waals surface area contributed by atoms with Gasteiger partial charge >= 0.3 is 6.03 Å². The largest absolute Gasteiger partial charge is 0.369 e. The fourth-order valence-electron chi connectivity index (χ4n) is 1.79. The van der Waals surface area contributed by atoms with E-state index in [9.17, 15) is 13.6 Å². The van der Waals surface area contributed by atoms with Crippen molar-refractivity contribution in [3.05, 3.63) is 29.8 Å². The first-order valence-electron chi connectivity index (χ1n) is 6.29. The van der Waals surface area contributed by atoms with Crippen molar-refractivity contribution >= 4 is 17.7 Å². The summed E-state index contributed by atoms with van der Waals surface area (Å²) >= 11 is 0. The summed E-state index contributed by atoms with van der Waals surface area (Å²) in [6.45, 7) is 0.409. The number of nitrogens with one attached hydrogen (secondary N) is 1. The molecule has 0 saturated heterocycles. The first-order chi connectivity index (χ1) is 9.51. The van der Waals surface area contributed by atoms with E-state index in [2.05, 4.69) is 10.3 Å². The van der Waals surface area contributed by atoms with Crippen LogP contribution in [0.4, 0.5) is 19.3 Å². The van der Waals surface area contributed by atoms with Crippen molar-refractivity contribution in [3.8, 4) is 0 Å². The maximum Gasteiger partial charge on any atom is 0.343 e. The lowest BCUT2D eigenvalue weighted by Gasteiger charge is -2.24. The predicted molar refractivity (Wildman–Crippen MR) is 72.5 cm³/mol. The Bertz CT molecular complexity index is 543. The van der Waals surface area contributed by atoms with E-state index in [1.807, 2.05) is 0 Å². The second kappa shape index (κ2) is 5.85. The number of nitrogens with zero attached hydrogens (tertiary/aromatic N) is 2. The number of aliphatic imine (C=N–C) groups is 1. The molecular weight excluding hydrogens is 266 g/mol. The molecule has 1 aliphatic rings. The highest BCUT2D eigenvalue weighted by Crippen LogP contribution is 2.32. The van der Waals surface area contributed by atoms with Gasteiger partial charge in [0.1, 0.15) is 11.6 Å². The van der Waals surface area contributed by atoms with Crippen molar-refractivity contribution < 1.29 is 13.6 Å². The second-order valence-electron chi connectivity index (χ2n) is 4.67. The second-order valence-corrected chi connectivity index (χ2v) is 4.67. The van der Waals surface area contributed by atoms with E-state index in [0.29, 0.717) is 12.5 Å². The summed E-state index contributed by atoms with van der Waals surface area (Å²) in [6.07, 6.45) is 2.00. The molecule has 0 radical (unpaired) electrons. The molecule has 1 aromatic carbocycles. The highest BCUT2D eigenvalue weighted by Gasteiger charge is 2.27. The Hall–Kier alpha value is -2.18. The Morgan fingerprint density at radius 3 is 2.80 bits per heavy atom. The minimum atomic E-state index is -0.639. The van der Waals surface area contributed by atoms with Crippen LogP contribution in [0.2, 0.25) is 0 Å². The van der Waals surface area contributed by atoms with Crippen LogP contribution in [0.5, 0.6) is 0 Å². The molecule has 1 fully saturated rings. The molecule has 1 aromatic rings. The number of urea groups is 1.